The standard InChI is InChI=1S/C20H11NO3S/c1-2-14(18-19(22)21-20(23)25-18)13-8-9-17-15(10-13)16(11-24-17)12-6-4-3-5-7-12/h1,3-11H,(H,21,22,23)/b18-14-. The fraction of sp³-hybridized carbons (Fsp3) is 0. The summed E-state index contributed by atoms with van der Waals surface area (Å²) in [7, 11) is 0. The van der Waals surface area contributed by atoms with Gasteiger partial charge in [0.15, 0.2) is 0 Å². The van der Waals surface area contributed by atoms with Crippen molar-refractivity contribution in [1.82, 2.24) is 5.32 Å². The average Bonchev–Trinajstić information content (AvgIpc) is 3.19. The number of carbonyl (C=O) groups excluding carboxylic acids is 2. The van der Waals surface area contributed by atoms with Crippen LogP contribution in [0.15, 0.2) is 64.1 Å². The Kier molecular flexibility index (Phi) is 3.68. The molecule has 2 amide bonds. The molecule has 0 radical (unpaired) electrons. The number of furan rings is 1. The summed E-state index contributed by atoms with van der Waals surface area (Å²) in [5, 5.41) is 2.71. The van der Waals surface area contributed by atoms with Crippen molar-refractivity contribution >= 4 is 39.5 Å². The zero-order valence-electron chi connectivity index (χ0n) is 12.9. The molecule has 1 saturated heterocycles. The highest BCUT2D eigenvalue weighted by atomic mass is 32.2. The maximum atomic E-state index is 11.9. The Balaban J connectivity index is 1.90. The van der Waals surface area contributed by atoms with E-state index in [0.717, 1.165) is 33.9 Å². The number of nitrogens with one attached hydrogen (secondary N) is 1. The highest BCUT2D eigenvalue weighted by Crippen LogP contribution is 2.35. The molecule has 0 saturated carbocycles. The molecular formula is C20H11NO3S. The summed E-state index contributed by atoms with van der Waals surface area (Å²) in [6, 6.07) is 15.3. The summed E-state index contributed by atoms with van der Waals surface area (Å²) in [6.45, 7) is 0. The van der Waals surface area contributed by atoms with Crippen molar-refractivity contribution in [3.8, 4) is 23.5 Å². The van der Waals surface area contributed by atoms with Gasteiger partial charge in [0.1, 0.15) is 5.58 Å². The van der Waals surface area contributed by atoms with Crippen molar-refractivity contribution in [2.24, 2.45) is 0 Å². The van der Waals surface area contributed by atoms with E-state index in [9.17, 15) is 9.59 Å². The van der Waals surface area contributed by atoms with Gasteiger partial charge in [-0.15, -0.1) is 6.42 Å². The van der Waals surface area contributed by atoms with Crippen molar-refractivity contribution in [3.05, 3.63) is 65.3 Å². The summed E-state index contributed by atoms with van der Waals surface area (Å²) >= 11 is 0.823. The van der Waals surface area contributed by atoms with Crippen LogP contribution in [-0.2, 0) is 4.79 Å². The van der Waals surface area contributed by atoms with Crippen LogP contribution in [0.3, 0.4) is 0 Å². The normalized spacial score (nSPS) is 16.0. The first-order chi connectivity index (χ1) is 12.2. The molecule has 5 heteroatoms. The van der Waals surface area contributed by atoms with E-state index < -0.39 is 11.1 Å². The fourth-order valence-corrected chi connectivity index (χ4v) is 3.54. The number of benzene rings is 2. The third kappa shape index (κ3) is 2.63. The second-order valence-electron chi connectivity index (χ2n) is 5.42. The lowest BCUT2D eigenvalue weighted by atomic mass is 10.00. The van der Waals surface area contributed by atoms with Crippen LogP contribution < -0.4 is 5.32 Å². The molecule has 4 rings (SSSR count). The highest BCUT2D eigenvalue weighted by molar-refractivity contribution is 8.18. The number of thioether (sulfide) groups is 1. The number of carbonyl (C=O) groups is 2. The summed E-state index contributed by atoms with van der Waals surface area (Å²) in [5.41, 5.74) is 3.79. The highest BCUT2D eigenvalue weighted by Gasteiger charge is 2.28. The number of hydrogen-bond acceptors (Lipinski definition) is 4. The second-order valence-corrected chi connectivity index (χ2v) is 6.40. The lowest BCUT2D eigenvalue weighted by Crippen LogP contribution is -2.18. The minimum atomic E-state index is -0.460. The molecule has 25 heavy (non-hydrogen) atoms. The van der Waals surface area contributed by atoms with Crippen molar-refractivity contribution in [2.75, 3.05) is 0 Å². The third-order valence-electron chi connectivity index (χ3n) is 3.93. The summed E-state index contributed by atoms with van der Waals surface area (Å²) in [5.74, 6) is 2.08. The van der Waals surface area contributed by atoms with Gasteiger partial charge in [-0.05, 0) is 41.1 Å². The minimum Gasteiger partial charge on any atom is -0.464 e. The van der Waals surface area contributed by atoms with Crippen molar-refractivity contribution < 1.29 is 14.0 Å². The van der Waals surface area contributed by atoms with E-state index in [1.165, 1.54) is 0 Å². The monoisotopic (exact) mass is 345 g/mol. The maximum Gasteiger partial charge on any atom is 0.290 e. The van der Waals surface area contributed by atoms with E-state index in [0.29, 0.717) is 11.1 Å². The summed E-state index contributed by atoms with van der Waals surface area (Å²) in [4.78, 5) is 23.6. The Morgan fingerprint density at radius 2 is 1.92 bits per heavy atom. The van der Waals surface area contributed by atoms with Gasteiger partial charge in [0, 0.05) is 10.9 Å². The molecule has 2 heterocycles. The largest absolute Gasteiger partial charge is 0.464 e. The van der Waals surface area contributed by atoms with E-state index in [1.54, 1.807) is 12.3 Å². The summed E-state index contributed by atoms with van der Waals surface area (Å²) < 4.78 is 5.63. The Morgan fingerprint density at radius 1 is 1.12 bits per heavy atom. The van der Waals surface area contributed by atoms with Gasteiger partial charge in [-0.3, -0.25) is 14.9 Å². The molecule has 4 nitrogen and oxygen atoms in total. The van der Waals surface area contributed by atoms with Crippen LogP contribution in [0.25, 0.3) is 27.7 Å². The predicted molar refractivity (Wildman–Crippen MR) is 98.5 cm³/mol. The van der Waals surface area contributed by atoms with Crippen molar-refractivity contribution in [3.63, 3.8) is 0 Å². The van der Waals surface area contributed by atoms with Crippen molar-refractivity contribution in [1.29, 1.82) is 0 Å². The number of allylic oxidation sites excluding steroid dienone is 1. The maximum absolute atomic E-state index is 11.9. The van der Waals surface area contributed by atoms with Crippen LogP contribution in [0.2, 0.25) is 0 Å². The second kappa shape index (κ2) is 6.00. The molecule has 2 aromatic carbocycles. The first-order valence-corrected chi connectivity index (χ1v) is 8.30. The van der Waals surface area contributed by atoms with Crippen LogP contribution >= 0.6 is 11.8 Å². The Bertz CT molecular complexity index is 1090. The number of fused-ring (bicyclic) bond motifs is 1. The molecule has 0 aliphatic carbocycles. The van der Waals surface area contributed by atoms with E-state index in [2.05, 4.69) is 11.2 Å². The SMILES string of the molecule is C#C/C(=C1/SC(=O)NC1=O)c1ccc2occ(-c3ccccc3)c2c1. The fourth-order valence-electron chi connectivity index (χ4n) is 2.78. The summed E-state index contributed by atoms with van der Waals surface area (Å²) in [6.07, 6.45) is 7.33. The molecule has 0 unspecified atom stereocenters. The number of amides is 2. The molecule has 1 aliphatic rings. The van der Waals surface area contributed by atoms with E-state index in [4.69, 9.17) is 10.8 Å². The molecule has 0 spiro atoms. The molecular weight excluding hydrogens is 334 g/mol. The van der Waals surface area contributed by atoms with Gasteiger partial charge in [-0.25, -0.2) is 0 Å². The topological polar surface area (TPSA) is 59.3 Å². The molecule has 0 atom stereocenters. The molecule has 1 fully saturated rings. The van der Waals surface area contributed by atoms with Crippen LogP contribution in [-0.4, -0.2) is 11.1 Å². The van der Waals surface area contributed by atoms with Crippen molar-refractivity contribution in [2.45, 2.75) is 0 Å². The molecule has 120 valence electrons. The molecule has 1 aliphatic heterocycles. The van der Waals surface area contributed by atoms with Gasteiger partial charge in [0.25, 0.3) is 11.1 Å². The average molecular weight is 345 g/mol. The first-order valence-electron chi connectivity index (χ1n) is 7.48. The van der Waals surface area contributed by atoms with Crippen LogP contribution in [0.1, 0.15) is 5.56 Å². The first kappa shape index (κ1) is 15.3. The molecule has 3 aromatic rings. The van der Waals surface area contributed by atoms with Gasteiger partial charge < -0.3 is 4.42 Å². The van der Waals surface area contributed by atoms with E-state index >= 15 is 0 Å². The van der Waals surface area contributed by atoms with Crippen LogP contribution in [0.5, 0.6) is 0 Å². The molecule has 1 N–H and O–H groups in total. The Hall–Kier alpha value is -3.23. The zero-order valence-corrected chi connectivity index (χ0v) is 13.7. The van der Waals surface area contributed by atoms with E-state index in [1.807, 2.05) is 42.5 Å². The minimum absolute atomic E-state index is 0.247. The number of terminal acetylenes is 1. The van der Waals surface area contributed by atoms with Gasteiger partial charge in [0.05, 0.1) is 16.7 Å². The lowest BCUT2D eigenvalue weighted by Gasteiger charge is -2.04. The van der Waals surface area contributed by atoms with Gasteiger partial charge in [-0.1, -0.05) is 36.3 Å². The van der Waals surface area contributed by atoms with E-state index in [-0.39, 0.29) is 4.91 Å². The predicted octanol–water partition coefficient (Wildman–Crippen LogP) is 4.43. The quantitative estimate of drug-likeness (QED) is 0.551. The number of hydrogen-bond donors (Lipinski definition) is 1. The lowest BCUT2D eigenvalue weighted by molar-refractivity contribution is -0.115. The van der Waals surface area contributed by atoms with Crippen LogP contribution in [0, 0.1) is 12.3 Å². The van der Waals surface area contributed by atoms with Gasteiger partial charge in [-0.2, -0.15) is 0 Å². The Labute approximate surface area is 147 Å². The smallest absolute Gasteiger partial charge is 0.290 e. The number of imide groups is 1. The van der Waals surface area contributed by atoms with Gasteiger partial charge in [0.2, 0.25) is 0 Å². The molecule has 0 bridgehead atoms. The Morgan fingerprint density at radius 3 is 2.60 bits per heavy atom. The third-order valence-corrected chi connectivity index (χ3v) is 4.82. The number of rotatable bonds is 2. The zero-order chi connectivity index (χ0) is 17.4. The van der Waals surface area contributed by atoms with Crippen LogP contribution in [0.4, 0.5) is 4.79 Å². The van der Waals surface area contributed by atoms with Gasteiger partial charge >= 0.3 is 0 Å². The molecule has 1 aromatic heterocycles.